The fraction of sp³-hybridized carbons (Fsp3) is 0. The normalized spacial score (nSPS) is 10.4. The minimum absolute atomic E-state index is 0.570. The van der Waals surface area contributed by atoms with Crippen molar-refractivity contribution in [1.82, 2.24) is 5.16 Å². The van der Waals surface area contributed by atoms with Gasteiger partial charge in [0.15, 0.2) is 16.5 Å². The molecule has 0 amide bonds. The van der Waals surface area contributed by atoms with E-state index in [0.29, 0.717) is 15.7 Å². The number of hydrogen-bond donors (Lipinski definition) is 0. The van der Waals surface area contributed by atoms with Crippen LogP contribution in [0, 0.1) is 0 Å². The summed E-state index contributed by atoms with van der Waals surface area (Å²) < 4.78 is 5.51. The average molecular weight is 226 g/mol. The molecule has 3 nitrogen and oxygen atoms in total. The molecule has 0 atom stereocenters. The average Bonchev–Trinajstić information content (AvgIpc) is 2.48. The number of benzene rings is 1. The number of hydrogen-bond acceptors (Lipinski definition) is 3. The lowest BCUT2D eigenvalue weighted by Gasteiger charge is -1.89. The molecule has 1 heterocycles. The Hall–Kier alpha value is -1.16. The Morgan fingerprint density at radius 2 is 2.33 bits per heavy atom. The lowest BCUT2D eigenvalue weighted by atomic mass is 10.1. The maximum Gasteiger partial charge on any atom is 0.168 e. The van der Waals surface area contributed by atoms with Crippen molar-refractivity contribution in [3.63, 3.8) is 0 Å². The fourth-order valence-corrected chi connectivity index (χ4v) is 1.57. The lowest BCUT2D eigenvalue weighted by molar-refractivity contribution is 0.112. The molecule has 0 saturated carbocycles. The quantitative estimate of drug-likeness (QED) is 0.701. The highest BCUT2D eigenvalue weighted by Gasteiger charge is 2.08. The molecule has 2 rings (SSSR count). The summed E-state index contributed by atoms with van der Waals surface area (Å²) in [4.78, 5) is 10.6. The Labute approximate surface area is 76.5 Å². The molecule has 60 valence electrons. The lowest BCUT2D eigenvalue weighted by Crippen LogP contribution is -1.79. The summed E-state index contributed by atoms with van der Waals surface area (Å²) in [7, 11) is 0. The van der Waals surface area contributed by atoms with Gasteiger partial charge in [0, 0.05) is 5.56 Å². The van der Waals surface area contributed by atoms with Crippen LogP contribution in [-0.2, 0) is 0 Å². The smallest absolute Gasteiger partial charge is 0.168 e. The van der Waals surface area contributed by atoms with Crippen LogP contribution in [0.3, 0.4) is 0 Å². The molecule has 1 aromatic heterocycles. The van der Waals surface area contributed by atoms with Crippen LogP contribution >= 0.6 is 15.9 Å². The highest BCUT2D eigenvalue weighted by molar-refractivity contribution is 9.10. The number of aldehydes is 1. The van der Waals surface area contributed by atoms with E-state index in [-0.39, 0.29) is 0 Å². The Morgan fingerprint density at radius 1 is 1.50 bits per heavy atom. The zero-order valence-corrected chi connectivity index (χ0v) is 7.54. The van der Waals surface area contributed by atoms with Gasteiger partial charge in [0.05, 0.1) is 5.39 Å². The standard InChI is InChI=1S/C8H4BrNO2/c9-8-7-5(4-11)2-1-3-6(7)12-10-8/h1-4H. The van der Waals surface area contributed by atoms with Crippen LogP contribution < -0.4 is 0 Å². The van der Waals surface area contributed by atoms with Crippen molar-refractivity contribution in [2.45, 2.75) is 0 Å². The van der Waals surface area contributed by atoms with E-state index < -0.39 is 0 Å². The number of rotatable bonds is 1. The first kappa shape index (κ1) is 7.49. The van der Waals surface area contributed by atoms with Gasteiger partial charge in [0.2, 0.25) is 0 Å². The molecule has 0 radical (unpaired) electrons. The molecular weight excluding hydrogens is 222 g/mol. The topological polar surface area (TPSA) is 43.1 Å². The van der Waals surface area contributed by atoms with Crippen LogP contribution in [0.15, 0.2) is 27.3 Å². The zero-order chi connectivity index (χ0) is 8.55. The van der Waals surface area contributed by atoms with Crippen LogP contribution in [-0.4, -0.2) is 11.4 Å². The second-order valence-electron chi connectivity index (χ2n) is 2.31. The van der Waals surface area contributed by atoms with Gasteiger partial charge in [-0.2, -0.15) is 0 Å². The maximum absolute atomic E-state index is 10.6. The van der Waals surface area contributed by atoms with Gasteiger partial charge < -0.3 is 4.52 Å². The molecule has 0 bridgehead atoms. The number of fused-ring (bicyclic) bond motifs is 1. The van der Waals surface area contributed by atoms with E-state index in [4.69, 9.17) is 4.52 Å². The first-order valence-electron chi connectivity index (χ1n) is 3.32. The van der Waals surface area contributed by atoms with Crippen LogP contribution in [0.25, 0.3) is 11.0 Å². The van der Waals surface area contributed by atoms with E-state index in [9.17, 15) is 4.79 Å². The number of aromatic nitrogens is 1. The van der Waals surface area contributed by atoms with Crippen molar-refractivity contribution >= 4 is 33.2 Å². The summed E-state index contributed by atoms with van der Waals surface area (Å²) >= 11 is 3.19. The number of halogens is 1. The molecule has 12 heavy (non-hydrogen) atoms. The second kappa shape index (κ2) is 2.71. The summed E-state index contributed by atoms with van der Waals surface area (Å²) in [6.45, 7) is 0. The van der Waals surface area contributed by atoms with Gasteiger partial charge in [0.25, 0.3) is 0 Å². The van der Waals surface area contributed by atoms with Gasteiger partial charge >= 0.3 is 0 Å². The summed E-state index contributed by atoms with van der Waals surface area (Å²) in [6, 6.07) is 5.24. The Kier molecular flexibility index (Phi) is 1.69. The SMILES string of the molecule is O=Cc1cccc2onc(Br)c12. The molecule has 0 saturated heterocycles. The van der Waals surface area contributed by atoms with E-state index >= 15 is 0 Å². The van der Waals surface area contributed by atoms with Crippen LogP contribution in [0.1, 0.15) is 10.4 Å². The molecule has 0 aliphatic carbocycles. The van der Waals surface area contributed by atoms with Gasteiger partial charge in [-0.1, -0.05) is 17.3 Å². The monoisotopic (exact) mass is 225 g/mol. The molecule has 0 fully saturated rings. The largest absolute Gasteiger partial charge is 0.355 e. The van der Waals surface area contributed by atoms with E-state index in [0.717, 1.165) is 11.7 Å². The van der Waals surface area contributed by atoms with Crippen molar-refractivity contribution in [1.29, 1.82) is 0 Å². The van der Waals surface area contributed by atoms with Crippen LogP contribution in [0.2, 0.25) is 0 Å². The zero-order valence-electron chi connectivity index (χ0n) is 5.95. The third kappa shape index (κ3) is 0.956. The first-order valence-corrected chi connectivity index (χ1v) is 4.11. The summed E-state index contributed by atoms with van der Waals surface area (Å²) in [5, 5.41) is 4.42. The predicted octanol–water partition coefficient (Wildman–Crippen LogP) is 2.40. The Morgan fingerprint density at radius 3 is 3.08 bits per heavy atom. The van der Waals surface area contributed by atoms with Crippen LogP contribution in [0.4, 0.5) is 0 Å². The van der Waals surface area contributed by atoms with Crippen molar-refractivity contribution in [3.8, 4) is 0 Å². The van der Waals surface area contributed by atoms with Crippen LogP contribution in [0.5, 0.6) is 0 Å². The molecule has 0 aliphatic rings. The van der Waals surface area contributed by atoms with E-state index in [1.165, 1.54) is 0 Å². The first-order chi connectivity index (χ1) is 5.83. The van der Waals surface area contributed by atoms with Crippen molar-refractivity contribution in [2.24, 2.45) is 0 Å². The van der Waals surface area contributed by atoms with Gasteiger partial charge in [-0.05, 0) is 22.0 Å². The van der Waals surface area contributed by atoms with Crippen molar-refractivity contribution in [2.75, 3.05) is 0 Å². The minimum Gasteiger partial charge on any atom is -0.355 e. The Bertz CT molecular complexity index is 436. The highest BCUT2D eigenvalue weighted by atomic mass is 79.9. The third-order valence-electron chi connectivity index (χ3n) is 1.62. The van der Waals surface area contributed by atoms with Crippen molar-refractivity contribution < 1.29 is 9.32 Å². The maximum atomic E-state index is 10.6. The molecule has 4 heteroatoms. The summed E-state index contributed by atoms with van der Waals surface area (Å²) in [5.74, 6) is 0. The van der Waals surface area contributed by atoms with Crippen molar-refractivity contribution in [3.05, 3.63) is 28.4 Å². The number of carbonyl (C=O) groups excluding carboxylic acids is 1. The predicted molar refractivity (Wildman–Crippen MR) is 47.1 cm³/mol. The molecule has 1 aromatic carbocycles. The highest BCUT2D eigenvalue weighted by Crippen LogP contribution is 2.25. The molecule has 0 N–H and O–H groups in total. The molecular formula is C8H4BrNO2. The van der Waals surface area contributed by atoms with Gasteiger partial charge in [0.1, 0.15) is 0 Å². The fourth-order valence-electron chi connectivity index (χ4n) is 1.08. The number of carbonyl (C=O) groups is 1. The number of nitrogens with zero attached hydrogens (tertiary/aromatic N) is 1. The molecule has 0 unspecified atom stereocenters. The van der Waals surface area contributed by atoms with Gasteiger partial charge in [-0.15, -0.1) is 0 Å². The Balaban J connectivity index is 2.93. The van der Waals surface area contributed by atoms with E-state index in [1.807, 2.05) is 0 Å². The second-order valence-corrected chi connectivity index (χ2v) is 3.06. The molecule has 0 aliphatic heterocycles. The molecule has 0 spiro atoms. The van der Waals surface area contributed by atoms with E-state index in [2.05, 4.69) is 21.1 Å². The summed E-state index contributed by atoms with van der Waals surface area (Å²) in [5.41, 5.74) is 1.20. The van der Waals surface area contributed by atoms with E-state index in [1.54, 1.807) is 18.2 Å². The molecule has 2 aromatic rings. The van der Waals surface area contributed by atoms with Gasteiger partial charge in [-0.25, -0.2) is 0 Å². The van der Waals surface area contributed by atoms with Gasteiger partial charge in [-0.3, -0.25) is 4.79 Å². The summed E-state index contributed by atoms with van der Waals surface area (Å²) in [6.07, 6.45) is 0.782. The minimum atomic E-state index is 0.570. The third-order valence-corrected chi connectivity index (χ3v) is 2.16.